The number of hydrogen-bond donors (Lipinski definition) is 1. The van der Waals surface area contributed by atoms with Crippen molar-refractivity contribution in [3.8, 4) is 5.75 Å². The Balaban J connectivity index is 1.57. The molecule has 0 radical (unpaired) electrons. The molecule has 9 nitrogen and oxygen atoms in total. The first kappa shape index (κ1) is 25.9. The van der Waals surface area contributed by atoms with Crippen LogP contribution in [0.3, 0.4) is 0 Å². The van der Waals surface area contributed by atoms with Crippen LogP contribution in [0.15, 0.2) is 47.3 Å². The molecule has 1 aliphatic heterocycles. The highest BCUT2D eigenvalue weighted by atomic mass is 16.5. The number of methoxy groups -OCH3 is 1. The number of aromatic amines is 1. The zero-order valence-electron chi connectivity index (χ0n) is 23.2. The summed E-state index contributed by atoms with van der Waals surface area (Å²) in [4.78, 5) is 21.4. The van der Waals surface area contributed by atoms with Gasteiger partial charge in [-0.25, -0.2) is 4.68 Å². The summed E-state index contributed by atoms with van der Waals surface area (Å²) in [6.45, 7) is 13.9. The summed E-state index contributed by atoms with van der Waals surface area (Å²) in [5, 5.41) is 13.9. The zero-order chi connectivity index (χ0) is 27.0. The fourth-order valence-electron chi connectivity index (χ4n) is 5.28. The maximum Gasteiger partial charge on any atom is 0.253 e. The SMILES string of the molecule is CCC(C)(C)n1nnnc1C(c1cc2cc(OC)ccc2[nH]c1=O)N1CCN(c2cccc(C)c2C)CC1. The van der Waals surface area contributed by atoms with Gasteiger partial charge in [-0.1, -0.05) is 19.1 Å². The number of aryl methyl sites for hydroxylation is 1. The van der Waals surface area contributed by atoms with Gasteiger partial charge in [-0.3, -0.25) is 9.69 Å². The van der Waals surface area contributed by atoms with Crippen LogP contribution in [0.4, 0.5) is 5.69 Å². The molecule has 0 bridgehead atoms. The van der Waals surface area contributed by atoms with Gasteiger partial charge in [-0.15, -0.1) is 5.10 Å². The lowest BCUT2D eigenvalue weighted by molar-refractivity contribution is 0.186. The molecule has 9 heteroatoms. The van der Waals surface area contributed by atoms with E-state index in [9.17, 15) is 4.79 Å². The van der Waals surface area contributed by atoms with E-state index in [0.29, 0.717) is 11.4 Å². The predicted molar refractivity (Wildman–Crippen MR) is 150 cm³/mol. The minimum atomic E-state index is -0.393. The van der Waals surface area contributed by atoms with Crippen LogP contribution in [0.1, 0.15) is 55.7 Å². The molecule has 2 aromatic carbocycles. The third-order valence-corrected chi connectivity index (χ3v) is 8.15. The molecule has 3 heterocycles. The van der Waals surface area contributed by atoms with E-state index in [1.807, 2.05) is 28.9 Å². The molecule has 0 amide bonds. The molecule has 200 valence electrons. The number of benzene rings is 2. The number of H-pyrrole nitrogens is 1. The van der Waals surface area contributed by atoms with Crippen LogP contribution in [0.2, 0.25) is 0 Å². The van der Waals surface area contributed by atoms with Crippen molar-refractivity contribution in [1.29, 1.82) is 0 Å². The molecule has 1 unspecified atom stereocenters. The van der Waals surface area contributed by atoms with Gasteiger partial charge >= 0.3 is 0 Å². The molecule has 1 fully saturated rings. The van der Waals surface area contributed by atoms with Gasteiger partial charge in [-0.05, 0) is 86.0 Å². The lowest BCUT2D eigenvalue weighted by Gasteiger charge is -2.40. The summed E-state index contributed by atoms with van der Waals surface area (Å²) >= 11 is 0. The van der Waals surface area contributed by atoms with Crippen molar-refractivity contribution in [2.24, 2.45) is 0 Å². The van der Waals surface area contributed by atoms with Gasteiger partial charge in [0.1, 0.15) is 11.8 Å². The summed E-state index contributed by atoms with van der Waals surface area (Å²) in [7, 11) is 1.65. The molecule has 1 saturated heterocycles. The largest absolute Gasteiger partial charge is 0.497 e. The molecule has 0 spiro atoms. The predicted octanol–water partition coefficient (Wildman–Crippen LogP) is 4.20. The lowest BCUT2D eigenvalue weighted by atomic mass is 9.98. The quantitative estimate of drug-likeness (QED) is 0.394. The highest BCUT2D eigenvalue weighted by Crippen LogP contribution is 2.33. The molecule has 1 N–H and O–H groups in total. The number of rotatable bonds is 7. The summed E-state index contributed by atoms with van der Waals surface area (Å²) < 4.78 is 7.34. The molecule has 5 rings (SSSR count). The summed E-state index contributed by atoms with van der Waals surface area (Å²) in [5.74, 6) is 1.43. The Labute approximate surface area is 223 Å². The zero-order valence-corrected chi connectivity index (χ0v) is 23.2. The maximum absolute atomic E-state index is 13.6. The second-order valence-electron chi connectivity index (χ2n) is 10.8. The van der Waals surface area contributed by atoms with Crippen molar-refractivity contribution in [1.82, 2.24) is 30.1 Å². The van der Waals surface area contributed by atoms with Crippen LogP contribution in [0.25, 0.3) is 10.9 Å². The highest BCUT2D eigenvalue weighted by Gasteiger charge is 2.36. The molecular weight excluding hydrogens is 478 g/mol. The van der Waals surface area contributed by atoms with E-state index in [-0.39, 0.29) is 11.1 Å². The topological polar surface area (TPSA) is 92.2 Å². The van der Waals surface area contributed by atoms with Crippen molar-refractivity contribution < 1.29 is 4.74 Å². The van der Waals surface area contributed by atoms with Crippen LogP contribution in [-0.4, -0.2) is 63.4 Å². The number of fused-ring (bicyclic) bond motifs is 1. The monoisotopic (exact) mass is 515 g/mol. The highest BCUT2D eigenvalue weighted by molar-refractivity contribution is 5.80. The first-order chi connectivity index (χ1) is 18.2. The number of hydrogen-bond acceptors (Lipinski definition) is 7. The molecule has 0 saturated carbocycles. The van der Waals surface area contributed by atoms with Crippen molar-refractivity contribution in [2.45, 2.75) is 52.6 Å². The van der Waals surface area contributed by atoms with Gasteiger partial charge in [0.25, 0.3) is 5.56 Å². The Hall–Kier alpha value is -3.72. The fourth-order valence-corrected chi connectivity index (χ4v) is 5.28. The Kier molecular flexibility index (Phi) is 6.96. The van der Waals surface area contributed by atoms with E-state index in [0.717, 1.165) is 49.3 Å². The number of ether oxygens (including phenoxy) is 1. The van der Waals surface area contributed by atoms with Crippen LogP contribution < -0.4 is 15.2 Å². The summed E-state index contributed by atoms with van der Waals surface area (Å²) in [5.41, 5.74) is 4.85. The first-order valence-electron chi connectivity index (χ1n) is 13.3. The van der Waals surface area contributed by atoms with Gasteiger partial charge < -0.3 is 14.6 Å². The third kappa shape index (κ3) is 4.67. The molecule has 0 aliphatic carbocycles. The fraction of sp³-hybridized carbons (Fsp3) is 0.448. The number of pyridine rings is 1. The molecule has 1 atom stereocenters. The van der Waals surface area contributed by atoms with Gasteiger partial charge in [0, 0.05) is 48.3 Å². The van der Waals surface area contributed by atoms with E-state index in [2.05, 4.69) is 83.1 Å². The van der Waals surface area contributed by atoms with E-state index in [4.69, 9.17) is 4.74 Å². The van der Waals surface area contributed by atoms with E-state index >= 15 is 0 Å². The minimum Gasteiger partial charge on any atom is -0.497 e. The first-order valence-corrected chi connectivity index (χ1v) is 13.3. The molecule has 1 aliphatic rings. The maximum atomic E-state index is 13.6. The Bertz CT molecular complexity index is 1500. The van der Waals surface area contributed by atoms with Gasteiger partial charge in [-0.2, -0.15) is 0 Å². The molecule has 4 aromatic rings. The number of aromatic nitrogens is 5. The van der Waals surface area contributed by atoms with Crippen LogP contribution in [0, 0.1) is 13.8 Å². The standard InChI is InChI=1S/C29H37N7O2/c1-7-29(4,5)36-27(31-32-33-36)26(23-18-21-17-22(38-6)11-12-24(21)30-28(23)37)35-15-13-34(14-16-35)25-10-8-9-19(2)20(25)3/h8-12,17-18,26H,7,13-16H2,1-6H3,(H,30,37). The summed E-state index contributed by atoms with van der Waals surface area (Å²) in [6.07, 6.45) is 0.851. The average Bonchev–Trinajstić information content (AvgIpc) is 3.41. The number of piperazine rings is 1. The van der Waals surface area contributed by atoms with E-state index in [1.54, 1.807) is 7.11 Å². The van der Waals surface area contributed by atoms with Gasteiger partial charge in [0.2, 0.25) is 0 Å². The van der Waals surface area contributed by atoms with Gasteiger partial charge in [0.05, 0.1) is 12.6 Å². The third-order valence-electron chi connectivity index (χ3n) is 8.15. The smallest absolute Gasteiger partial charge is 0.253 e. The van der Waals surface area contributed by atoms with Crippen molar-refractivity contribution in [3.05, 3.63) is 75.3 Å². The molecule has 2 aromatic heterocycles. The number of anilines is 1. The minimum absolute atomic E-state index is 0.131. The van der Waals surface area contributed by atoms with Crippen molar-refractivity contribution >= 4 is 16.6 Å². The average molecular weight is 516 g/mol. The lowest BCUT2D eigenvalue weighted by Crippen LogP contribution is -2.49. The van der Waals surface area contributed by atoms with E-state index < -0.39 is 6.04 Å². The van der Waals surface area contributed by atoms with Crippen LogP contribution >= 0.6 is 0 Å². The number of nitrogens with zero attached hydrogens (tertiary/aromatic N) is 6. The normalized spacial score (nSPS) is 15.7. The Morgan fingerprint density at radius 2 is 1.84 bits per heavy atom. The van der Waals surface area contributed by atoms with E-state index in [1.165, 1.54) is 16.8 Å². The second kappa shape index (κ2) is 10.2. The number of nitrogens with one attached hydrogen (secondary N) is 1. The molecular formula is C29H37N7O2. The van der Waals surface area contributed by atoms with Crippen LogP contribution in [-0.2, 0) is 5.54 Å². The second-order valence-corrected chi connectivity index (χ2v) is 10.8. The van der Waals surface area contributed by atoms with Crippen molar-refractivity contribution in [2.75, 3.05) is 38.2 Å². The van der Waals surface area contributed by atoms with Gasteiger partial charge in [0.15, 0.2) is 5.82 Å². The Morgan fingerprint density at radius 3 is 2.55 bits per heavy atom. The van der Waals surface area contributed by atoms with Crippen molar-refractivity contribution in [3.63, 3.8) is 0 Å². The Morgan fingerprint density at radius 1 is 1.08 bits per heavy atom. The molecule has 38 heavy (non-hydrogen) atoms. The summed E-state index contributed by atoms with van der Waals surface area (Å²) in [6, 6.07) is 13.7. The van der Waals surface area contributed by atoms with Crippen LogP contribution in [0.5, 0.6) is 5.75 Å². The number of tetrazole rings is 1.